The number of hydrogen-bond acceptors (Lipinski definition) is 3. The molecule has 0 aromatic heterocycles. The lowest BCUT2D eigenvalue weighted by Crippen LogP contribution is -2.41. The highest BCUT2D eigenvalue weighted by atomic mass is 19.1. The summed E-state index contributed by atoms with van der Waals surface area (Å²) in [5, 5.41) is 5.96. The summed E-state index contributed by atoms with van der Waals surface area (Å²) in [5.74, 6) is -2.60. The molecular formula is C16H21F2N3O2. The van der Waals surface area contributed by atoms with Crippen molar-refractivity contribution in [2.45, 2.75) is 26.3 Å². The van der Waals surface area contributed by atoms with Gasteiger partial charge in [-0.3, -0.25) is 9.59 Å². The van der Waals surface area contributed by atoms with Crippen LogP contribution in [-0.2, 0) is 9.59 Å². The first-order chi connectivity index (χ1) is 10.9. The maximum absolute atomic E-state index is 13.8. The molecule has 1 aromatic carbocycles. The zero-order chi connectivity index (χ0) is 17.0. The van der Waals surface area contributed by atoms with Gasteiger partial charge in [-0.15, -0.1) is 0 Å². The van der Waals surface area contributed by atoms with E-state index in [0.29, 0.717) is 6.54 Å². The van der Waals surface area contributed by atoms with Crippen LogP contribution in [-0.4, -0.2) is 37.5 Å². The maximum Gasteiger partial charge on any atom is 0.227 e. The highest BCUT2D eigenvalue weighted by molar-refractivity contribution is 6.00. The largest absolute Gasteiger partial charge is 0.354 e. The lowest BCUT2D eigenvalue weighted by atomic mass is 10.1. The number of carbonyl (C=O) groups is 2. The van der Waals surface area contributed by atoms with Crippen molar-refractivity contribution in [3.8, 4) is 0 Å². The summed E-state index contributed by atoms with van der Waals surface area (Å²) in [4.78, 5) is 25.4. The minimum Gasteiger partial charge on any atom is -0.354 e. The summed E-state index contributed by atoms with van der Waals surface area (Å²) in [7, 11) is 0. The quantitative estimate of drug-likeness (QED) is 0.832. The van der Waals surface area contributed by atoms with Crippen LogP contribution in [0.3, 0.4) is 0 Å². The smallest absolute Gasteiger partial charge is 0.227 e. The molecule has 2 atom stereocenters. The Labute approximate surface area is 134 Å². The molecule has 1 unspecified atom stereocenters. The van der Waals surface area contributed by atoms with E-state index in [1.54, 1.807) is 0 Å². The third-order valence-electron chi connectivity index (χ3n) is 3.83. The van der Waals surface area contributed by atoms with Gasteiger partial charge in [0.15, 0.2) is 0 Å². The number of nitrogens with zero attached hydrogens (tertiary/aromatic N) is 1. The zero-order valence-corrected chi connectivity index (χ0v) is 13.2. The molecule has 1 aliphatic rings. The summed E-state index contributed by atoms with van der Waals surface area (Å²) >= 11 is 0. The van der Waals surface area contributed by atoms with Gasteiger partial charge in [0.2, 0.25) is 11.8 Å². The molecule has 126 valence electrons. The fourth-order valence-electron chi connectivity index (χ4n) is 2.63. The van der Waals surface area contributed by atoms with Gasteiger partial charge in [-0.25, -0.2) is 8.78 Å². The number of benzene rings is 1. The van der Waals surface area contributed by atoms with E-state index in [0.717, 1.165) is 18.7 Å². The van der Waals surface area contributed by atoms with Crippen LogP contribution in [0.25, 0.3) is 0 Å². The Bertz CT molecular complexity index is 595. The van der Waals surface area contributed by atoms with E-state index in [2.05, 4.69) is 10.6 Å². The molecule has 1 aliphatic heterocycles. The average Bonchev–Trinajstić information content (AvgIpc) is 2.87. The van der Waals surface area contributed by atoms with Gasteiger partial charge in [0.05, 0.1) is 11.6 Å². The van der Waals surface area contributed by atoms with Crippen LogP contribution in [0.4, 0.5) is 14.5 Å². The molecule has 1 fully saturated rings. The monoisotopic (exact) mass is 325 g/mol. The number of hydrogen-bond donors (Lipinski definition) is 2. The topological polar surface area (TPSA) is 61.4 Å². The third kappa shape index (κ3) is 4.25. The molecule has 23 heavy (non-hydrogen) atoms. The second-order valence-electron chi connectivity index (χ2n) is 5.71. The standard InChI is InChI=1S/C16H21F2N3O2/c1-3-19-10(2)8-20-16(23)11-6-15(22)21(9-11)14-5-4-12(17)7-13(14)18/h4-5,7,10-11,19H,3,6,8-9H2,1-2H3,(H,20,23)/t10-,11?/m1/s1. The molecule has 7 heteroatoms. The Balaban J connectivity index is 1.98. The van der Waals surface area contributed by atoms with E-state index >= 15 is 0 Å². The summed E-state index contributed by atoms with van der Waals surface area (Å²) in [6.45, 7) is 5.29. The molecule has 0 radical (unpaired) electrons. The van der Waals surface area contributed by atoms with Gasteiger partial charge in [0.25, 0.3) is 0 Å². The predicted octanol–water partition coefficient (Wildman–Crippen LogP) is 1.43. The van der Waals surface area contributed by atoms with Gasteiger partial charge in [-0.05, 0) is 25.6 Å². The van der Waals surface area contributed by atoms with Gasteiger partial charge in [-0.1, -0.05) is 6.92 Å². The molecule has 0 bridgehead atoms. The van der Waals surface area contributed by atoms with E-state index in [1.165, 1.54) is 11.0 Å². The van der Waals surface area contributed by atoms with Crippen molar-refractivity contribution in [1.82, 2.24) is 10.6 Å². The second kappa shape index (κ2) is 7.50. The zero-order valence-electron chi connectivity index (χ0n) is 13.2. The van der Waals surface area contributed by atoms with Crippen LogP contribution in [0.5, 0.6) is 0 Å². The van der Waals surface area contributed by atoms with Crippen LogP contribution in [0.2, 0.25) is 0 Å². The van der Waals surface area contributed by atoms with Gasteiger partial charge in [0.1, 0.15) is 11.6 Å². The van der Waals surface area contributed by atoms with Gasteiger partial charge in [-0.2, -0.15) is 0 Å². The number of anilines is 1. The molecule has 1 saturated heterocycles. The molecule has 2 rings (SSSR count). The number of rotatable bonds is 6. The Morgan fingerprint density at radius 1 is 1.43 bits per heavy atom. The predicted molar refractivity (Wildman–Crippen MR) is 83.0 cm³/mol. The lowest BCUT2D eigenvalue weighted by molar-refractivity contribution is -0.126. The van der Waals surface area contributed by atoms with Gasteiger partial charge in [0, 0.05) is 31.6 Å². The molecule has 1 aromatic rings. The molecule has 0 saturated carbocycles. The average molecular weight is 325 g/mol. The Kier molecular flexibility index (Phi) is 5.65. The first kappa shape index (κ1) is 17.3. The van der Waals surface area contributed by atoms with Crippen molar-refractivity contribution in [1.29, 1.82) is 0 Å². The molecule has 2 amide bonds. The number of carbonyl (C=O) groups excluding carboxylic acids is 2. The van der Waals surface area contributed by atoms with Crippen molar-refractivity contribution in [3.63, 3.8) is 0 Å². The summed E-state index contributed by atoms with van der Waals surface area (Å²) in [5.41, 5.74) is 0.00715. The number of halogens is 2. The Morgan fingerprint density at radius 3 is 2.83 bits per heavy atom. The fraction of sp³-hybridized carbons (Fsp3) is 0.500. The first-order valence-corrected chi connectivity index (χ1v) is 7.68. The number of amides is 2. The van der Waals surface area contributed by atoms with Crippen LogP contribution >= 0.6 is 0 Å². The SMILES string of the molecule is CCN[C@H](C)CNC(=O)C1CC(=O)N(c2ccc(F)cc2F)C1. The Hall–Kier alpha value is -2.02. The summed E-state index contributed by atoms with van der Waals surface area (Å²) in [6.07, 6.45) is 0.0260. The summed E-state index contributed by atoms with van der Waals surface area (Å²) < 4.78 is 26.8. The maximum atomic E-state index is 13.8. The molecular weight excluding hydrogens is 304 g/mol. The highest BCUT2D eigenvalue weighted by Crippen LogP contribution is 2.27. The molecule has 0 spiro atoms. The molecule has 1 heterocycles. The van der Waals surface area contributed by atoms with E-state index in [-0.39, 0.29) is 36.5 Å². The van der Waals surface area contributed by atoms with Crippen LogP contribution in [0.15, 0.2) is 18.2 Å². The minimum absolute atomic E-state index is 0.00715. The number of nitrogens with one attached hydrogen (secondary N) is 2. The molecule has 5 nitrogen and oxygen atoms in total. The van der Waals surface area contributed by atoms with E-state index < -0.39 is 17.6 Å². The van der Waals surface area contributed by atoms with Gasteiger partial charge >= 0.3 is 0 Å². The third-order valence-corrected chi connectivity index (χ3v) is 3.83. The Morgan fingerprint density at radius 2 is 2.17 bits per heavy atom. The van der Waals surface area contributed by atoms with Crippen molar-refractivity contribution in [3.05, 3.63) is 29.8 Å². The van der Waals surface area contributed by atoms with E-state index in [4.69, 9.17) is 0 Å². The van der Waals surface area contributed by atoms with Crippen LogP contribution in [0.1, 0.15) is 20.3 Å². The van der Waals surface area contributed by atoms with Crippen molar-refractivity contribution in [2.75, 3.05) is 24.5 Å². The van der Waals surface area contributed by atoms with Crippen molar-refractivity contribution < 1.29 is 18.4 Å². The number of likely N-dealkylation sites (N-methyl/N-ethyl adjacent to an activating group) is 1. The van der Waals surface area contributed by atoms with Crippen LogP contribution < -0.4 is 15.5 Å². The fourth-order valence-corrected chi connectivity index (χ4v) is 2.63. The first-order valence-electron chi connectivity index (χ1n) is 7.68. The molecule has 2 N–H and O–H groups in total. The minimum atomic E-state index is -0.805. The molecule has 0 aliphatic carbocycles. The highest BCUT2D eigenvalue weighted by Gasteiger charge is 2.36. The van der Waals surface area contributed by atoms with E-state index in [9.17, 15) is 18.4 Å². The normalized spacial score (nSPS) is 19.0. The van der Waals surface area contributed by atoms with Crippen molar-refractivity contribution in [2.24, 2.45) is 5.92 Å². The van der Waals surface area contributed by atoms with Gasteiger partial charge < -0.3 is 15.5 Å². The lowest BCUT2D eigenvalue weighted by Gasteiger charge is -2.18. The second-order valence-corrected chi connectivity index (χ2v) is 5.71. The van der Waals surface area contributed by atoms with E-state index in [1.807, 2.05) is 13.8 Å². The van der Waals surface area contributed by atoms with Crippen molar-refractivity contribution >= 4 is 17.5 Å². The summed E-state index contributed by atoms with van der Waals surface area (Å²) in [6, 6.07) is 3.17. The van der Waals surface area contributed by atoms with Crippen LogP contribution in [0, 0.1) is 17.6 Å².